The highest BCUT2D eigenvalue weighted by atomic mass is 35.5. The van der Waals surface area contributed by atoms with Crippen molar-refractivity contribution in [3.8, 4) is 0 Å². The van der Waals surface area contributed by atoms with Crippen LogP contribution in [-0.4, -0.2) is 23.8 Å². The Labute approximate surface area is 62.1 Å². The molecule has 0 aliphatic heterocycles. The maximum atomic E-state index is 10.7. The van der Waals surface area contributed by atoms with E-state index < -0.39 is 21.4 Å². The highest BCUT2D eigenvalue weighted by Crippen LogP contribution is 2.49. The van der Waals surface area contributed by atoms with Crippen LogP contribution in [0.15, 0.2) is 0 Å². The number of rotatable bonds is 5. The number of hydrogen-bond donors (Lipinski definition) is 2. The molecule has 0 saturated heterocycles. The summed E-state index contributed by atoms with van der Waals surface area (Å²) in [6.45, 7) is -1.74. The van der Waals surface area contributed by atoms with Gasteiger partial charge in [-0.3, -0.25) is 9.05 Å². The van der Waals surface area contributed by atoms with Gasteiger partial charge in [-0.1, -0.05) is 0 Å². The van der Waals surface area contributed by atoms with Crippen LogP contribution >= 0.6 is 19.7 Å². The molecule has 0 saturated carbocycles. The van der Waals surface area contributed by atoms with Crippen molar-refractivity contribution < 1.29 is 27.9 Å². The summed E-state index contributed by atoms with van der Waals surface area (Å²) in [5.74, 6) is 0. The first-order chi connectivity index (χ1) is 4.68. The molecule has 6 nitrogen and oxygen atoms in total. The largest absolute Gasteiger partial charge is 0.495 e. The second-order valence-electron chi connectivity index (χ2n) is 1.03. The number of hydrogen-bond acceptors (Lipinski definition) is 6. The Balaban J connectivity index is 3.83. The molecule has 0 rings (SSSR count). The molecule has 0 aliphatic carbocycles. The normalized spacial score (nSPS) is 11.9. The predicted molar refractivity (Wildman–Crippen MR) is 30.9 cm³/mol. The molecule has 0 heterocycles. The van der Waals surface area contributed by atoms with Gasteiger partial charge in [0.2, 0.25) is 0 Å². The van der Waals surface area contributed by atoms with E-state index in [1.54, 1.807) is 0 Å². The minimum atomic E-state index is -3.93. The number of aliphatic hydroxyl groups excluding tert-OH is 2. The van der Waals surface area contributed by atoms with Crippen LogP contribution in [0, 0.1) is 0 Å². The van der Waals surface area contributed by atoms with E-state index in [1.165, 1.54) is 0 Å². The first-order valence-corrected chi connectivity index (χ1v) is 3.86. The lowest BCUT2D eigenvalue weighted by Gasteiger charge is -2.09. The van der Waals surface area contributed by atoms with E-state index in [1.807, 2.05) is 0 Å². The summed E-state index contributed by atoms with van der Waals surface area (Å²) in [4.78, 5) is 0. The van der Waals surface area contributed by atoms with Gasteiger partial charge in [0.05, 0.1) is 11.9 Å². The third-order valence-electron chi connectivity index (χ3n) is 0.516. The molecule has 0 aromatic carbocycles. The Bertz CT molecular complexity index is 117. The average Bonchev–Trinajstić information content (AvgIpc) is 1.89. The molecule has 0 aromatic heterocycles. The molecule has 0 fully saturated rings. The van der Waals surface area contributed by atoms with E-state index in [2.05, 4.69) is 25.0 Å². The number of halogens is 1. The highest BCUT2D eigenvalue weighted by Gasteiger charge is 2.25. The fourth-order valence-corrected chi connectivity index (χ4v) is 0.895. The molecule has 0 atom stereocenters. The minimum Gasteiger partial charge on any atom is -0.370 e. The van der Waals surface area contributed by atoms with Crippen LogP contribution in [0.25, 0.3) is 0 Å². The molecular weight excluding hydrogens is 186 g/mol. The highest BCUT2D eigenvalue weighted by molar-refractivity contribution is 7.49. The number of phosphoric acid groups is 1. The van der Waals surface area contributed by atoms with Crippen molar-refractivity contribution in [3.05, 3.63) is 0 Å². The number of aliphatic hydroxyl groups is 2. The molecule has 0 radical (unpaired) electrons. The summed E-state index contributed by atoms with van der Waals surface area (Å²) in [6.07, 6.45) is 0. The zero-order valence-corrected chi connectivity index (χ0v) is 6.42. The molecule has 0 spiro atoms. The van der Waals surface area contributed by atoms with Crippen LogP contribution in [0.3, 0.4) is 0 Å². The SMILES string of the molecule is O=P(OCl)(OCO)OCO. The molecule has 62 valence electrons. The summed E-state index contributed by atoms with van der Waals surface area (Å²) in [5, 5.41) is 16.1. The van der Waals surface area contributed by atoms with E-state index in [4.69, 9.17) is 10.2 Å². The van der Waals surface area contributed by atoms with Crippen molar-refractivity contribution in [2.24, 2.45) is 0 Å². The van der Waals surface area contributed by atoms with Crippen LogP contribution in [-0.2, 0) is 17.7 Å². The van der Waals surface area contributed by atoms with Crippen LogP contribution in [0.2, 0.25) is 0 Å². The van der Waals surface area contributed by atoms with Gasteiger partial charge in [-0.2, -0.15) is 4.08 Å². The first-order valence-electron chi connectivity index (χ1n) is 2.09. The summed E-state index contributed by atoms with van der Waals surface area (Å²) in [5.41, 5.74) is 0. The molecule has 0 bridgehead atoms. The van der Waals surface area contributed by atoms with Crippen molar-refractivity contribution in [3.63, 3.8) is 0 Å². The second kappa shape index (κ2) is 5.03. The lowest BCUT2D eigenvalue weighted by molar-refractivity contribution is 0.0203. The third-order valence-corrected chi connectivity index (χ3v) is 2.06. The van der Waals surface area contributed by atoms with Crippen molar-refractivity contribution in [1.29, 1.82) is 0 Å². The molecule has 10 heavy (non-hydrogen) atoms. The van der Waals surface area contributed by atoms with E-state index in [0.717, 1.165) is 0 Å². The van der Waals surface area contributed by atoms with Crippen LogP contribution < -0.4 is 0 Å². The van der Waals surface area contributed by atoms with Crippen molar-refractivity contribution >= 4 is 19.7 Å². The Morgan fingerprint density at radius 2 is 1.70 bits per heavy atom. The maximum Gasteiger partial charge on any atom is 0.495 e. The zero-order chi connectivity index (χ0) is 8.04. The van der Waals surface area contributed by atoms with Crippen LogP contribution in [0.5, 0.6) is 0 Å². The molecule has 0 aromatic rings. The van der Waals surface area contributed by atoms with Gasteiger partial charge < -0.3 is 10.2 Å². The van der Waals surface area contributed by atoms with Crippen molar-refractivity contribution in [2.45, 2.75) is 0 Å². The Hall–Kier alpha value is 0.320. The monoisotopic (exact) mass is 192 g/mol. The first kappa shape index (κ1) is 10.3. The van der Waals surface area contributed by atoms with Gasteiger partial charge in [0.25, 0.3) is 0 Å². The summed E-state index contributed by atoms with van der Waals surface area (Å²) >= 11 is 4.63. The fourth-order valence-electron chi connectivity index (χ4n) is 0.219. The van der Waals surface area contributed by atoms with Gasteiger partial charge in [-0.25, -0.2) is 4.57 Å². The summed E-state index contributed by atoms with van der Waals surface area (Å²) < 4.78 is 22.3. The van der Waals surface area contributed by atoms with Gasteiger partial charge in [0.1, 0.15) is 0 Å². The zero-order valence-electron chi connectivity index (χ0n) is 4.77. The smallest absolute Gasteiger partial charge is 0.370 e. The van der Waals surface area contributed by atoms with Crippen molar-refractivity contribution in [2.75, 3.05) is 13.6 Å². The second-order valence-corrected chi connectivity index (χ2v) is 3.00. The Morgan fingerprint density at radius 1 is 1.30 bits per heavy atom. The lowest BCUT2D eigenvalue weighted by Crippen LogP contribution is -1.97. The van der Waals surface area contributed by atoms with E-state index in [0.29, 0.717) is 0 Å². The molecule has 0 aliphatic rings. The Morgan fingerprint density at radius 3 is 1.90 bits per heavy atom. The predicted octanol–water partition coefficient (Wildman–Crippen LogP) is 0.198. The Kier molecular flexibility index (Phi) is 5.20. The van der Waals surface area contributed by atoms with Gasteiger partial charge in [-0.05, 0) is 0 Å². The van der Waals surface area contributed by atoms with E-state index in [-0.39, 0.29) is 0 Å². The number of phosphoric ester groups is 1. The summed E-state index contributed by atoms with van der Waals surface area (Å²) in [6, 6.07) is 0. The van der Waals surface area contributed by atoms with Gasteiger partial charge in [-0.15, -0.1) is 0 Å². The van der Waals surface area contributed by atoms with E-state index >= 15 is 0 Å². The third kappa shape index (κ3) is 3.48. The quantitative estimate of drug-likeness (QED) is 0.478. The topological polar surface area (TPSA) is 85.2 Å². The van der Waals surface area contributed by atoms with Crippen molar-refractivity contribution in [1.82, 2.24) is 0 Å². The molecule has 0 amide bonds. The molecule has 0 unspecified atom stereocenters. The molecule has 8 heteroatoms. The standard InChI is InChI=1S/C2H6ClO6P/c3-9-10(6,7-1-4)8-2-5/h4-5H,1-2H2. The van der Waals surface area contributed by atoms with Crippen LogP contribution in [0.4, 0.5) is 0 Å². The summed E-state index contributed by atoms with van der Waals surface area (Å²) in [7, 11) is -3.93. The molecular formula is C2H6ClO6P. The van der Waals surface area contributed by atoms with Gasteiger partial charge in [0.15, 0.2) is 13.6 Å². The lowest BCUT2D eigenvalue weighted by atomic mass is 11.6. The van der Waals surface area contributed by atoms with Crippen LogP contribution in [0.1, 0.15) is 0 Å². The maximum absolute atomic E-state index is 10.7. The van der Waals surface area contributed by atoms with Gasteiger partial charge in [0, 0.05) is 0 Å². The van der Waals surface area contributed by atoms with Gasteiger partial charge >= 0.3 is 7.82 Å². The average molecular weight is 192 g/mol. The molecule has 2 N–H and O–H groups in total. The fraction of sp³-hybridized carbons (Fsp3) is 1.00. The van der Waals surface area contributed by atoms with E-state index in [9.17, 15) is 4.57 Å². The minimum absolute atomic E-state index is 0.871.